The standard InChI is InChI=1S/C19H19N3O4/c1-12(23)20-13-6-8-14(9-7-13)21-17-11-18(24)22(19(17)25)15-4-3-5-16(10-15)26-2/h3-10,17,21H,11H2,1-2H3,(H,20,23)/t17-/m1/s1. The number of benzene rings is 2. The lowest BCUT2D eigenvalue weighted by Gasteiger charge is -2.17. The number of methoxy groups -OCH3 is 1. The fourth-order valence-electron chi connectivity index (χ4n) is 2.82. The van der Waals surface area contributed by atoms with E-state index in [0.717, 1.165) is 0 Å². The third kappa shape index (κ3) is 3.66. The van der Waals surface area contributed by atoms with E-state index in [4.69, 9.17) is 4.74 Å². The highest BCUT2D eigenvalue weighted by atomic mass is 16.5. The van der Waals surface area contributed by atoms with Gasteiger partial charge in [-0.15, -0.1) is 0 Å². The van der Waals surface area contributed by atoms with E-state index in [9.17, 15) is 14.4 Å². The lowest BCUT2D eigenvalue weighted by Crippen LogP contribution is -2.34. The predicted octanol–water partition coefficient (Wildman–Crippen LogP) is 2.40. The van der Waals surface area contributed by atoms with E-state index in [1.54, 1.807) is 48.5 Å². The highest BCUT2D eigenvalue weighted by molar-refractivity contribution is 6.23. The quantitative estimate of drug-likeness (QED) is 0.806. The number of imide groups is 1. The average molecular weight is 353 g/mol. The monoisotopic (exact) mass is 353 g/mol. The van der Waals surface area contributed by atoms with Crippen molar-refractivity contribution in [3.63, 3.8) is 0 Å². The van der Waals surface area contributed by atoms with E-state index >= 15 is 0 Å². The van der Waals surface area contributed by atoms with Crippen molar-refractivity contribution >= 4 is 34.8 Å². The largest absolute Gasteiger partial charge is 0.497 e. The second-order valence-corrected chi connectivity index (χ2v) is 5.93. The van der Waals surface area contributed by atoms with Crippen molar-refractivity contribution in [1.29, 1.82) is 0 Å². The molecular formula is C19H19N3O4. The van der Waals surface area contributed by atoms with Gasteiger partial charge in [0, 0.05) is 24.4 Å². The first kappa shape index (κ1) is 17.5. The Morgan fingerprint density at radius 2 is 1.81 bits per heavy atom. The molecule has 3 rings (SSSR count). The van der Waals surface area contributed by atoms with Gasteiger partial charge in [0.25, 0.3) is 5.91 Å². The van der Waals surface area contributed by atoms with Crippen molar-refractivity contribution in [2.45, 2.75) is 19.4 Å². The van der Waals surface area contributed by atoms with Crippen LogP contribution in [0.2, 0.25) is 0 Å². The molecular weight excluding hydrogens is 334 g/mol. The molecule has 1 aliphatic rings. The number of rotatable bonds is 5. The number of carbonyl (C=O) groups is 3. The first-order valence-electron chi connectivity index (χ1n) is 8.13. The fraction of sp³-hybridized carbons (Fsp3) is 0.211. The molecule has 2 aromatic carbocycles. The van der Waals surface area contributed by atoms with Crippen LogP contribution in [0.1, 0.15) is 13.3 Å². The summed E-state index contributed by atoms with van der Waals surface area (Å²) in [6.45, 7) is 1.43. The maximum absolute atomic E-state index is 12.7. The number of hydrogen-bond acceptors (Lipinski definition) is 5. The molecule has 0 saturated carbocycles. The van der Waals surface area contributed by atoms with Crippen LogP contribution in [0.3, 0.4) is 0 Å². The van der Waals surface area contributed by atoms with Gasteiger partial charge in [0.1, 0.15) is 11.8 Å². The van der Waals surface area contributed by atoms with E-state index in [2.05, 4.69) is 10.6 Å². The molecule has 1 heterocycles. The van der Waals surface area contributed by atoms with E-state index in [-0.39, 0.29) is 24.1 Å². The summed E-state index contributed by atoms with van der Waals surface area (Å²) in [6, 6.07) is 13.1. The Bertz CT molecular complexity index is 848. The minimum Gasteiger partial charge on any atom is -0.497 e. The summed E-state index contributed by atoms with van der Waals surface area (Å²) >= 11 is 0. The van der Waals surface area contributed by atoms with E-state index in [1.807, 2.05) is 0 Å². The molecule has 1 atom stereocenters. The zero-order valence-electron chi connectivity index (χ0n) is 14.5. The second-order valence-electron chi connectivity index (χ2n) is 5.93. The molecule has 3 amide bonds. The van der Waals surface area contributed by atoms with E-state index in [0.29, 0.717) is 22.8 Å². The second kappa shape index (κ2) is 7.26. The van der Waals surface area contributed by atoms with Crippen LogP contribution in [0.15, 0.2) is 48.5 Å². The Hall–Kier alpha value is -3.35. The Morgan fingerprint density at radius 1 is 1.12 bits per heavy atom. The van der Waals surface area contributed by atoms with Gasteiger partial charge >= 0.3 is 0 Å². The molecule has 7 heteroatoms. The van der Waals surface area contributed by atoms with Crippen molar-refractivity contribution < 1.29 is 19.1 Å². The average Bonchev–Trinajstić information content (AvgIpc) is 2.90. The molecule has 26 heavy (non-hydrogen) atoms. The molecule has 0 unspecified atom stereocenters. The number of anilines is 3. The van der Waals surface area contributed by atoms with Gasteiger partial charge in [-0.2, -0.15) is 0 Å². The van der Waals surface area contributed by atoms with Crippen molar-refractivity contribution in [3.8, 4) is 5.75 Å². The summed E-state index contributed by atoms with van der Waals surface area (Å²) < 4.78 is 5.15. The van der Waals surface area contributed by atoms with Crippen LogP contribution in [0.4, 0.5) is 17.1 Å². The van der Waals surface area contributed by atoms with Crippen molar-refractivity contribution in [2.75, 3.05) is 22.6 Å². The van der Waals surface area contributed by atoms with Crippen LogP contribution in [-0.4, -0.2) is 30.9 Å². The maximum atomic E-state index is 12.7. The molecule has 0 spiro atoms. The first-order chi connectivity index (χ1) is 12.5. The molecule has 7 nitrogen and oxygen atoms in total. The summed E-state index contributed by atoms with van der Waals surface area (Å²) in [5.41, 5.74) is 1.84. The number of nitrogens with zero attached hydrogens (tertiary/aromatic N) is 1. The lowest BCUT2D eigenvalue weighted by atomic mass is 10.2. The summed E-state index contributed by atoms with van der Waals surface area (Å²) in [7, 11) is 1.53. The molecule has 134 valence electrons. The Labute approximate surface area is 150 Å². The predicted molar refractivity (Wildman–Crippen MR) is 98.3 cm³/mol. The maximum Gasteiger partial charge on any atom is 0.256 e. The summed E-state index contributed by atoms with van der Waals surface area (Å²) in [6.07, 6.45) is 0.0729. The van der Waals surface area contributed by atoms with Crippen LogP contribution in [0, 0.1) is 0 Å². The van der Waals surface area contributed by atoms with Crippen molar-refractivity contribution in [3.05, 3.63) is 48.5 Å². The number of carbonyl (C=O) groups excluding carboxylic acids is 3. The minimum atomic E-state index is -0.639. The topological polar surface area (TPSA) is 87.7 Å². The van der Waals surface area contributed by atoms with Crippen LogP contribution in [-0.2, 0) is 14.4 Å². The highest BCUT2D eigenvalue weighted by Crippen LogP contribution is 2.28. The van der Waals surface area contributed by atoms with Gasteiger partial charge in [-0.05, 0) is 36.4 Å². The molecule has 1 fully saturated rings. The number of ether oxygens (including phenoxy) is 1. The fourth-order valence-corrected chi connectivity index (χ4v) is 2.82. The third-order valence-electron chi connectivity index (χ3n) is 4.00. The van der Waals surface area contributed by atoms with Gasteiger partial charge in [0.2, 0.25) is 11.8 Å². The Kier molecular flexibility index (Phi) is 4.88. The van der Waals surface area contributed by atoms with Gasteiger partial charge in [-0.25, -0.2) is 4.90 Å². The zero-order chi connectivity index (χ0) is 18.7. The zero-order valence-corrected chi connectivity index (χ0v) is 14.5. The smallest absolute Gasteiger partial charge is 0.256 e. The molecule has 2 N–H and O–H groups in total. The van der Waals surface area contributed by atoms with Crippen LogP contribution < -0.4 is 20.3 Å². The minimum absolute atomic E-state index is 0.0729. The molecule has 1 aliphatic heterocycles. The van der Waals surface area contributed by atoms with Crippen molar-refractivity contribution in [1.82, 2.24) is 0 Å². The summed E-state index contributed by atoms with van der Waals surface area (Å²) in [5.74, 6) is -0.158. The summed E-state index contributed by atoms with van der Waals surface area (Å²) in [5, 5.41) is 5.75. The normalized spacial score (nSPS) is 16.5. The van der Waals surface area contributed by atoms with Gasteiger partial charge < -0.3 is 15.4 Å². The van der Waals surface area contributed by atoms with Gasteiger partial charge in [-0.1, -0.05) is 6.07 Å². The first-order valence-corrected chi connectivity index (χ1v) is 8.13. The Morgan fingerprint density at radius 3 is 2.46 bits per heavy atom. The van der Waals surface area contributed by atoms with Crippen LogP contribution in [0.5, 0.6) is 5.75 Å². The van der Waals surface area contributed by atoms with Crippen molar-refractivity contribution in [2.24, 2.45) is 0 Å². The lowest BCUT2D eigenvalue weighted by molar-refractivity contribution is -0.121. The number of hydrogen-bond donors (Lipinski definition) is 2. The van der Waals surface area contributed by atoms with Gasteiger partial charge in [-0.3, -0.25) is 14.4 Å². The van der Waals surface area contributed by atoms with Gasteiger partial charge in [0.05, 0.1) is 19.2 Å². The number of amides is 3. The van der Waals surface area contributed by atoms with Crippen LogP contribution in [0.25, 0.3) is 0 Å². The third-order valence-corrected chi connectivity index (χ3v) is 4.00. The van der Waals surface area contributed by atoms with E-state index < -0.39 is 6.04 Å². The molecule has 0 aromatic heterocycles. The molecule has 1 saturated heterocycles. The number of nitrogens with one attached hydrogen (secondary N) is 2. The summed E-state index contributed by atoms with van der Waals surface area (Å²) in [4.78, 5) is 37.2. The highest BCUT2D eigenvalue weighted by Gasteiger charge is 2.39. The Balaban J connectivity index is 1.73. The molecule has 0 radical (unpaired) electrons. The molecule has 0 aliphatic carbocycles. The molecule has 0 bridgehead atoms. The molecule has 2 aromatic rings. The van der Waals surface area contributed by atoms with E-state index in [1.165, 1.54) is 18.9 Å². The van der Waals surface area contributed by atoms with Crippen LogP contribution >= 0.6 is 0 Å². The SMILES string of the molecule is COc1cccc(N2C(=O)C[C@@H](Nc3ccc(NC(C)=O)cc3)C2=O)c1. The van der Waals surface area contributed by atoms with Gasteiger partial charge in [0.15, 0.2) is 0 Å².